The molecule has 1 heterocycles. The predicted molar refractivity (Wildman–Crippen MR) is 127 cm³/mol. The van der Waals surface area contributed by atoms with Crippen LogP contribution in [0, 0.1) is 5.82 Å². The standard InChI is InChI=1S/C25H29FN2O5S/c1-17(29)18-7-9-23(22(26)15-18)27-11-13-28(14-12-27)25(30)21-16-20(34(2,31)32)8-10-24(21)33-19-5-3-4-6-19/h7-10,15-16,19H,3-6,11-14H2,1-2H3. The summed E-state index contributed by atoms with van der Waals surface area (Å²) >= 11 is 0. The van der Waals surface area contributed by atoms with Gasteiger partial charge in [-0.2, -0.15) is 0 Å². The maximum atomic E-state index is 14.6. The zero-order chi connectivity index (χ0) is 24.5. The molecule has 0 radical (unpaired) electrons. The Labute approximate surface area is 199 Å². The fraction of sp³-hybridized carbons (Fsp3) is 0.440. The van der Waals surface area contributed by atoms with Crippen molar-refractivity contribution in [3.05, 3.63) is 53.3 Å². The fourth-order valence-electron chi connectivity index (χ4n) is 4.50. The maximum Gasteiger partial charge on any atom is 0.257 e. The van der Waals surface area contributed by atoms with E-state index in [1.54, 1.807) is 23.1 Å². The zero-order valence-electron chi connectivity index (χ0n) is 19.4. The Morgan fingerprint density at radius 3 is 2.26 bits per heavy atom. The molecule has 0 N–H and O–H groups in total. The van der Waals surface area contributed by atoms with Crippen LogP contribution in [0.4, 0.5) is 10.1 Å². The molecule has 2 aromatic carbocycles. The van der Waals surface area contributed by atoms with Crippen LogP contribution in [0.5, 0.6) is 5.75 Å². The van der Waals surface area contributed by atoms with Gasteiger partial charge in [-0.05, 0) is 69.0 Å². The molecular formula is C25H29FN2O5S. The van der Waals surface area contributed by atoms with E-state index in [4.69, 9.17) is 4.74 Å². The van der Waals surface area contributed by atoms with Gasteiger partial charge in [0.1, 0.15) is 11.6 Å². The van der Waals surface area contributed by atoms with E-state index in [2.05, 4.69) is 0 Å². The van der Waals surface area contributed by atoms with E-state index >= 15 is 0 Å². The third-order valence-electron chi connectivity index (χ3n) is 6.47. The topological polar surface area (TPSA) is 84.0 Å². The third kappa shape index (κ3) is 5.24. The van der Waals surface area contributed by atoms with E-state index in [-0.39, 0.29) is 28.3 Å². The number of ether oxygens (including phenoxy) is 1. The van der Waals surface area contributed by atoms with Crippen LogP contribution in [0.15, 0.2) is 41.3 Å². The molecule has 1 saturated carbocycles. The first-order valence-electron chi connectivity index (χ1n) is 11.5. The summed E-state index contributed by atoms with van der Waals surface area (Å²) in [6, 6.07) is 8.87. The Morgan fingerprint density at radius 2 is 1.68 bits per heavy atom. The molecule has 2 fully saturated rings. The van der Waals surface area contributed by atoms with Crippen molar-refractivity contribution in [2.45, 2.75) is 43.6 Å². The summed E-state index contributed by atoms with van der Waals surface area (Å²) in [5.41, 5.74) is 0.942. The number of benzene rings is 2. The maximum absolute atomic E-state index is 14.6. The molecule has 0 atom stereocenters. The molecule has 0 aromatic heterocycles. The first-order chi connectivity index (χ1) is 16.1. The quantitative estimate of drug-likeness (QED) is 0.577. The van der Waals surface area contributed by atoms with Crippen molar-refractivity contribution >= 4 is 27.2 Å². The summed E-state index contributed by atoms with van der Waals surface area (Å²) < 4.78 is 44.9. The molecule has 1 aliphatic heterocycles. The van der Waals surface area contributed by atoms with Gasteiger partial charge in [0.25, 0.3) is 5.91 Å². The number of hydrogen-bond acceptors (Lipinski definition) is 6. The molecule has 182 valence electrons. The number of carbonyl (C=O) groups is 2. The Balaban J connectivity index is 1.52. The van der Waals surface area contributed by atoms with E-state index < -0.39 is 15.7 Å². The number of hydrogen-bond donors (Lipinski definition) is 0. The van der Waals surface area contributed by atoms with Crippen LogP contribution in [0.3, 0.4) is 0 Å². The van der Waals surface area contributed by atoms with Crippen LogP contribution in [0.2, 0.25) is 0 Å². The molecule has 0 unspecified atom stereocenters. The van der Waals surface area contributed by atoms with Crippen LogP contribution in [-0.2, 0) is 9.84 Å². The van der Waals surface area contributed by atoms with Crippen LogP contribution in [-0.4, -0.2) is 63.5 Å². The van der Waals surface area contributed by atoms with Crippen molar-refractivity contribution < 1.29 is 27.1 Å². The molecule has 9 heteroatoms. The largest absolute Gasteiger partial charge is 0.490 e. The van der Waals surface area contributed by atoms with Gasteiger partial charge < -0.3 is 14.5 Å². The van der Waals surface area contributed by atoms with Gasteiger partial charge in [0.2, 0.25) is 0 Å². The highest BCUT2D eigenvalue weighted by Gasteiger charge is 2.28. The van der Waals surface area contributed by atoms with Gasteiger partial charge in [0.05, 0.1) is 22.3 Å². The minimum absolute atomic E-state index is 0.0217. The molecule has 34 heavy (non-hydrogen) atoms. The summed E-state index contributed by atoms with van der Waals surface area (Å²) in [6.07, 6.45) is 5.09. The lowest BCUT2D eigenvalue weighted by Crippen LogP contribution is -2.49. The smallest absolute Gasteiger partial charge is 0.257 e. The second kappa shape index (κ2) is 9.74. The summed E-state index contributed by atoms with van der Waals surface area (Å²) in [5.74, 6) is -0.573. The second-order valence-corrected chi connectivity index (χ2v) is 11.0. The first-order valence-corrected chi connectivity index (χ1v) is 13.4. The van der Waals surface area contributed by atoms with Crippen LogP contribution in [0.1, 0.15) is 53.3 Å². The van der Waals surface area contributed by atoms with Crippen molar-refractivity contribution in [2.75, 3.05) is 37.3 Å². The Kier molecular flexibility index (Phi) is 6.93. The van der Waals surface area contributed by atoms with Gasteiger partial charge in [0, 0.05) is 38.0 Å². The number of anilines is 1. The minimum atomic E-state index is -3.49. The number of rotatable bonds is 6. The number of amides is 1. The lowest BCUT2D eigenvalue weighted by molar-refractivity contribution is 0.0738. The van der Waals surface area contributed by atoms with Gasteiger partial charge in [-0.3, -0.25) is 9.59 Å². The van der Waals surface area contributed by atoms with Gasteiger partial charge in [0.15, 0.2) is 15.6 Å². The molecule has 1 amide bonds. The lowest BCUT2D eigenvalue weighted by Gasteiger charge is -2.36. The normalized spacial score (nSPS) is 17.1. The Morgan fingerprint density at radius 1 is 1.00 bits per heavy atom. The number of piperazine rings is 1. The van der Waals surface area contributed by atoms with E-state index in [1.807, 2.05) is 4.90 Å². The summed E-state index contributed by atoms with van der Waals surface area (Å²) in [7, 11) is -3.49. The van der Waals surface area contributed by atoms with E-state index in [0.717, 1.165) is 31.9 Å². The van der Waals surface area contributed by atoms with Crippen LogP contribution in [0.25, 0.3) is 0 Å². The number of Topliss-reactive ketones (excluding diaryl/α,β-unsaturated/α-hetero) is 1. The Hall–Kier alpha value is -2.94. The zero-order valence-corrected chi connectivity index (χ0v) is 20.2. The molecule has 1 aliphatic carbocycles. The summed E-state index contributed by atoms with van der Waals surface area (Å²) in [5, 5.41) is 0. The highest BCUT2D eigenvalue weighted by Crippen LogP contribution is 2.30. The minimum Gasteiger partial charge on any atom is -0.490 e. The average Bonchev–Trinajstić information content (AvgIpc) is 3.31. The van der Waals surface area contributed by atoms with Gasteiger partial charge >= 0.3 is 0 Å². The third-order valence-corrected chi connectivity index (χ3v) is 7.58. The van der Waals surface area contributed by atoms with Crippen LogP contribution < -0.4 is 9.64 Å². The molecule has 0 bridgehead atoms. The van der Waals surface area contributed by atoms with Crippen LogP contribution >= 0.6 is 0 Å². The van der Waals surface area contributed by atoms with Gasteiger partial charge in [-0.25, -0.2) is 12.8 Å². The van der Waals surface area contributed by atoms with Crippen molar-refractivity contribution in [2.24, 2.45) is 0 Å². The molecule has 1 saturated heterocycles. The van der Waals surface area contributed by atoms with E-state index in [1.165, 1.54) is 25.1 Å². The highest BCUT2D eigenvalue weighted by atomic mass is 32.2. The number of sulfone groups is 1. The van der Waals surface area contributed by atoms with Crippen molar-refractivity contribution in [3.63, 3.8) is 0 Å². The number of halogens is 1. The monoisotopic (exact) mass is 488 g/mol. The molecular weight excluding hydrogens is 459 g/mol. The highest BCUT2D eigenvalue weighted by molar-refractivity contribution is 7.90. The van der Waals surface area contributed by atoms with Crippen molar-refractivity contribution in [1.29, 1.82) is 0 Å². The number of nitrogens with zero attached hydrogens (tertiary/aromatic N) is 2. The average molecular weight is 489 g/mol. The first kappa shape index (κ1) is 24.2. The van der Waals surface area contributed by atoms with Gasteiger partial charge in [-0.1, -0.05) is 0 Å². The molecule has 0 spiro atoms. The lowest BCUT2D eigenvalue weighted by atomic mass is 10.1. The molecule has 4 rings (SSSR count). The molecule has 2 aromatic rings. The van der Waals surface area contributed by atoms with E-state index in [9.17, 15) is 22.4 Å². The summed E-state index contributed by atoms with van der Waals surface area (Å²) in [6.45, 7) is 2.90. The van der Waals surface area contributed by atoms with Gasteiger partial charge in [-0.15, -0.1) is 0 Å². The molecule has 2 aliphatic rings. The van der Waals surface area contributed by atoms with Crippen molar-refractivity contribution in [1.82, 2.24) is 4.90 Å². The Bertz CT molecular complexity index is 1200. The number of ketones is 1. The second-order valence-electron chi connectivity index (χ2n) is 8.96. The molecule has 7 nitrogen and oxygen atoms in total. The predicted octanol–water partition coefficient (Wildman–Crippen LogP) is 3.72. The fourth-order valence-corrected chi connectivity index (χ4v) is 5.15. The van der Waals surface area contributed by atoms with E-state index in [0.29, 0.717) is 43.2 Å². The SMILES string of the molecule is CC(=O)c1ccc(N2CCN(C(=O)c3cc(S(C)(=O)=O)ccc3OC3CCCC3)CC2)c(F)c1. The van der Waals surface area contributed by atoms with Crippen molar-refractivity contribution in [3.8, 4) is 5.75 Å². The summed E-state index contributed by atoms with van der Waals surface area (Å²) in [4.78, 5) is 28.5. The number of carbonyl (C=O) groups excluding carboxylic acids is 2.